The molecule has 0 bridgehead atoms. The number of nitrogens with zero attached hydrogens (tertiary/aromatic N) is 1. The number of hydrogen-bond donors (Lipinski definition) is 1. The van der Waals surface area contributed by atoms with Crippen LogP contribution in [0.1, 0.15) is 30.5 Å². The van der Waals surface area contributed by atoms with Crippen LogP contribution in [0.15, 0.2) is 54.6 Å². The number of benzene rings is 2. The fourth-order valence-corrected chi connectivity index (χ4v) is 2.91. The monoisotopic (exact) mass is 342 g/mol. The molecule has 25 heavy (non-hydrogen) atoms. The Kier molecular flexibility index (Phi) is 5.12. The van der Waals surface area contributed by atoms with E-state index in [-0.39, 0.29) is 6.03 Å². The molecular weight excluding hydrogens is 322 g/mol. The largest absolute Gasteiger partial charge is 0.331 e. The van der Waals surface area contributed by atoms with Gasteiger partial charge in [0.15, 0.2) is 11.6 Å². The lowest BCUT2D eigenvalue weighted by molar-refractivity contribution is 0.199. The average Bonchev–Trinajstić information content (AvgIpc) is 2.64. The molecule has 2 aromatic rings. The lowest BCUT2D eigenvalue weighted by Gasteiger charge is -2.28. The molecular formula is C20H20F2N2O. The molecule has 3 nitrogen and oxygen atoms in total. The van der Waals surface area contributed by atoms with Gasteiger partial charge in [-0.25, -0.2) is 13.6 Å². The predicted octanol–water partition coefficient (Wildman–Crippen LogP) is 4.52. The highest BCUT2D eigenvalue weighted by atomic mass is 19.2. The normalized spacial score (nSPS) is 15.5. The fourth-order valence-electron chi connectivity index (χ4n) is 2.91. The Hall–Kier alpha value is -2.69. The summed E-state index contributed by atoms with van der Waals surface area (Å²) in [7, 11) is 0. The van der Waals surface area contributed by atoms with Crippen molar-refractivity contribution in [2.75, 3.05) is 13.1 Å². The molecule has 1 heterocycles. The summed E-state index contributed by atoms with van der Waals surface area (Å²) in [6.45, 7) is 2.90. The van der Waals surface area contributed by atoms with E-state index in [1.165, 1.54) is 17.2 Å². The summed E-state index contributed by atoms with van der Waals surface area (Å²) in [5.74, 6) is -1.80. The van der Waals surface area contributed by atoms with E-state index in [4.69, 9.17) is 0 Å². The second-order valence-corrected chi connectivity index (χ2v) is 6.14. The van der Waals surface area contributed by atoms with Gasteiger partial charge in [0.05, 0.1) is 6.04 Å². The number of hydrogen-bond acceptors (Lipinski definition) is 1. The van der Waals surface area contributed by atoms with E-state index in [1.54, 1.807) is 11.8 Å². The van der Waals surface area contributed by atoms with E-state index >= 15 is 0 Å². The molecule has 0 fully saturated rings. The zero-order valence-corrected chi connectivity index (χ0v) is 14.0. The van der Waals surface area contributed by atoms with Crippen molar-refractivity contribution in [2.45, 2.75) is 19.4 Å². The highest BCUT2D eigenvalue weighted by Crippen LogP contribution is 2.22. The van der Waals surface area contributed by atoms with E-state index < -0.39 is 17.7 Å². The summed E-state index contributed by atoms with van der Waals surface area (Å²) >= 11 is 0. The molecule has 1 unspecified atom stereocenters. The van der Waals surface area contributed by atoms with E-state index in [9.17, 15) is 13.6 Å². The molecule has 1 atom stereocenters. The van der Waals surface area contributed by atoms with Gasteiger partial charge in [-0.3, -0.25) is 0 Å². The summed E-state index contributed by atoms with van der Waals surface area (Å²) in [5, 5.41) is 2.84. The third-order valence-corrected chi connectivity index (χ3v) is 4.42. The molecule has 0 aliphatic carbocycles. The van der Waals surface area contributed by atoms with E-state index in [1.807, 2.05) is 18.2 Å². The molecule has 0 spiro atoms. The van der Waals surface area contributed by atoms with Gasteiger partial charge in [-0.2, -0.15) is 0 Å². The minimum atomic E-state index is -0.910. The second kappa shape index (κ2) is 7.47. The van der Waals surface area contributed by atoms with Gasteiger partial charge in [0.2, 0.25) is 0 Å². The van der Waals surface area contributed by atoms with Gasteiger partial charge in [0.1, 0.15) is 0 Å². The first-order valence-electron chi connectivity index (χ1n) is 8.29. The quantitative estimate of drug-likeness (QED) is 0.874. The molecule has 2 aromatic carbocycles. The number of carbonyl (C=O) groups excluding carboxylic acids is 1. The van der Waals surface area contributed by atoms with Gasteiger partial charge in [-0.1, -0.05) is 42.5 Å². The number of rotatable bonds is 3. The average molecular weight is 342 g/mol. The van der Waals surface area contributed by atoms with Gasteiger partial charge >= 0.3 is 6.03 Å². The van der Waals surface area contributed by atoms with Gasteiger partial charge in [0.25, 0.3) is 0 Å². The third kappa shape index (κ3) is 4.05. The number of nitrogens with one attached hydrogen (secondary N) is 1. The zero-order chi connectivity index (χ0) is 17.8. The van der Waals surface area contributed by atoms with Crippen molar-refractivity contribution in [3.8, 4) is 0 Å². The Labute approximate surface area is 146 Å². The van der Waals surface area contributed by atoms with E-state index in [0.29, 0.717) is 18.7 Å². The number of carbonyl (C=O) groups is 1. The molecule has 0 saturated carbocycles. The van der Waals surface area contributed by atoms with E-state index in [2.05, 4.69) is 23.5 Å². The lowest BCUT2D eigenvalue weighted by Crippen LogP contribution is -2.43. The fraction of sp³-hybridized carbons (Fsp3) is 0.250. The van der Waals surface area contributed by atoms with Crippen molar-refractivity contribution in [2.24, 2.45) is 0 Å². The Bertz CT molecular complexity index is 790. The molecule has 1 N–H and O–H groups in total. The lowest BCUT2D eigenvalue weighted by atomic mass is 10.00. The zero-order valence-electron chi connectivity index (χ0n) is 14.0. The summed E-state index contributed by atoms with van der Waals surface area (Å²) in [6, 6.07) is 13.2. The van der Waals surface area contributed by atoms with Crippen LogP contribution in [-0.2, 0) is 0 Å². The van der Waals surface area contributed by atoms with Crippen LogP contribution < -0.4 is 5.32 Å². The Morgan fingerprint density at radius 2 is 1.88 bits per heavy atom. The van der Waals surface area contributed by atoms with Gasteiger partial charge in [-0.15, -0.1) is 0 Å². The van der Waals surface area contributed by atoms with Crippen molar-refractivity contribution in [1.29, 1.82) is 0 Å². The minimum absolute atomic E-state index is 0.208. The predicted molar refractivity (Wildman–Crippen MR) is 93.9 cm³/mol. The molecule has 5 heteroatoms. The summed E-state index contributed by atoms with van der Waals surface area (Å²) in [5.41, 5.74) is 2.95. The number of halogens is 2. The van der Waals surface area contributed by atoms with Crippen LogP contribution in [0, 0.1) is 11.6 Å². The summed E-state index contributed by atoms with van der Waals surface area (Å²) in [4.78, 5) is 14.1. The maximum Gasteiger partial charge on any atom is 0.318 e. The van der Waals surface area contributed by atoms with Crippen molar-refractivity contribution in [3.63, 3.8) is 0 Å². The number of amides is 2. The maximum atomic E-state index is 13.3. The Morgan fingerprint density at radius 1 is 1.12 bits per heavy atom. The van der Waals surface area contributed by atoms with Crippen LogP contribution in [0.25, 0.3) is 5.57 Å². The molecule has 130 valence electrons. The van der Waals surface area contributed by atoms with Crippen molar-refractivity contribution in [3.05, 3.63) is 77.4 Å². The highest BCUT2D eigenvalue weighted by molar-refractivity contribution is 5.77. The SMILES string of the molecule is CC(NC(=O)N1CC=C(c2ccccc2)CC1)c1ccc(F)c(F)c1. The topological polar surface area (TPSA) is 32.3 Å². The van der Waals surface area contributed by atoms with Gasteiger partial charge in [-0.05, 0) is 42.2 Å². The maximum absolute atomic E-state index is 13.3. The van der Waals surface area contributed by atoms with Crippen molar-refractivity contribution >= 4 is 11.6 Å². The first-order valence-corrected chi connectivity index (χ1v) is 8.29. The molecule has 0 saturated heterocycles. The molecule has 3 rings (SSSR count). The third-order valence-electron chi connectivity index (χ3n) is 4.42. The summed E-state index contributed by atoms with van der Waals surface area (Å²) in [6.07, 6.45) is 2.84. The first-order chi connectivity index (χ1) is 12.0. The van der Waals surface area contributed by atoms with Gasteiger partial charge in [0, 0.05) is 13.1 Å². The molecule has 1 aliphatic heterocycles. The second-order valence-electron chi connectivity index (χ2n) is 6.14. The smallest absolute Gasteiger partial charge is 0.318 e. The van der Waals surface area contributed by atoms with Crippen molar-refractivity contribution in [1.82, 2.24) is 10.2 Å². The van der Waals surface area contributed by atoms with Crippen LogP contribution in [0.5, 0.6) is 0 Å². The molecule has 1 aliphatic rings. The van der Waals surface area contributed by atoms with Crippen LogP contribution >= 0.6 is 0 Å². The minimum Gasteiger partial charge on any atom is -0.331 e. The highest BCUT2D eigenvalue weighted by Gasteiger charge is 2.20. The summed E-state index contributed by atoms with van der Waals surface area (Å²) < 4.78 is 26.3. The van der Waals surface area contributed by atoms with Crippen LogP contribution in [0.2, 0.25) is 0 Å². The van der Waals surface area contributed by atoms with E-state index in [0.717, 1.165) is 18.6 Å². The van der Waals surface area contributed by atoms with Gasteiger partial charge < -0.3 is 10.2 Å². The Morgan fingerprint density at radius 3 is 2.52 bits per heavy atom. The number of urea groups is 1. The van der Waals surface area contributed by atoms with Crippen LogP contribution in [-0.4, -0.2) is 24.0 Å². The Balaban J connectivity index is 1.61. The molecule has 0 radical (unpaired) electrons. The van der Waals surface area contributed by atoms with Crippen LogP contribution in [0.4, 0.5) is 13.6 Å². The molecule has 0 aromatic heterocycles. The standard InChI is InChI=1S/C20H20F2N2O/c1-14(17-7-8-18(21)19(22)13-17)23-20(25)24-11-9-16(10-12-24)15-5-3-2-4-6-15/h2-9,13-14H,10-12H2,1H3,(H,23,25). The first kappa shape index (κ1) is 17.1. The van der Waals surface area contributed by atoms with Crippen LogP contribution in [0.3, 0.4) is 0 Å². The van der Waals surface area contributed by atoms with Crippen molar-refractivity contribution < 1.29 is 13.6 Å². The molecule has 2 amide bonds.